The highest BCUT2D eigenvalue weighted by molar-refractivity contribution is 7.07. The number of aryl methyl sites for hydroxylation is 2. The van der Waals surface area contributed by atoms with Gasteiger partial charge in [-0.15, -0.1) is 11.3 Å². The molecule has 1 aromatic heterocycles. The summed E-state index contributed by atoms with van der Waals surface area (Å²) in [5.74, 6) is -0.557. The molecule has 1 amide bonds. The monoisotopic (exact) mass is 451 g/mol. The Morgan fingerprint density at radius 3 is 2.27 bits per heavy atom. The molecule has 0 saturated heterocycles. The number of thiazole rings is 1. The predicted molar refractivity (Wildman–Crippen MR) is 133 cm³/mol. The molecule has 0 aliphatic carbocycles. The number of para-hydroxylation sites is 1. The van der Waals surface area contributed by atoms with Crippen LogP contribution >= 0.6 is 11.3 Å². The van der Waals surface area contributed by atoms with Gasteiger partial charge in [0.25, 0.3) is 11.5 Å². The van der Waals surface area contributed by atoms with Gasteiger partial charge in [-0.2, -0.15) is 5.26 Å². The first-order valence-corrected chi connectivity index (χ1v) is 11.2. The van der Waals surface area contributed by atoms with Crippen molar-refractivity contribution in [1.29, 1.82) is 5.26 Å². The maximum atomic E-state index is 13.4. The molecule has 0 bridgehead atoms. The maximum absolute atomic E-state index is 13.4. The summed E-state index contributed by atoms with van der Waals surface area (Å²) in [4.78, 5) is 26.5. The number of carbonyl (C=O) groups excluding carboxylic acids is 1. The molecule has 0 saturated carbocycles. The van der Waals surface area contributed by atoms with E-state index in [4.69, 9.17) is 0 Å². The fraction of sp³-hybridized carbons (Fsp3) is 0.0741. The molecule has 0 unspecified atom stereocenters. The van der Waals surface area contributed by atoms with Crippen LogP contribution in [0.4, 0.5) is 5.69 Å². The third kappa shape index (κ3) is 4.69. The molecule has 0 atom stereocenters. The zero-order chi connectivity index (χ0) is 23.4. The van der Waals surface area contributed by atoms with Gasteiger partial charge in [0.15, 0.2) is 5.57 Å². The number of carbonyl (C=O) groups is 1. The number of rotatable bonds is 4. The van der Waals surface area contributed by atoms with Crippen molar-refractivity contribution < 1.29 is 4.79 Å². The number of benzene rings is 3. The highest BCUT2D eigenvalue weighted by Crippen LogP contribution is 2.15. The summed E-state index contributed by atoms with van der Waals surface area (Å²) in [6, 6.07) is 26.1. The minimum absolute atomic E-state index is 0.119. The molecular formula is C27H21N3O2S. The van der Waals surface area contributed by atoms with Gasteiger partial charge >= 0.3 is 0 Å². The summed E-state index contributed by atoms with van der Waals surface area (Å²) >= 11 is 1.13. The average molecular weight is 452 g/mol. The zero-order valence-electron chi connectivity index (χ0n) is 18.2. The van der Waals surface area contributed by atoms with Gasteiger partial charge in [-0.1, -0.05) is 54.6 Å². The minimum Gasteiger partial charge on any atom is -0.321 e. The first-order chi connectivity index (χ1) is 16.0. The van der Waals surface area contributed by atoms with E-state index in [0.29, 0.717) is 15.9 Å². The van der Waals surface area contributed by atoms with Crippen LogP contribution in [0, 0.1) is 25.2 Å². The molecule has 1 N–H and O–H groups in total. The van der Waals surface area contributed by atoms with Gasteiger partial charge in [0.2, 0.25) is 0 Å². The second-order valence-electron chi connectivity index (χ2n) is 7.54. The smallest absolute Gasteiger partial charge is 0.273 e. The number of nitrogens with one attached hydrogen (secondary N) is 1. The standard InChI is InChI=1S/C27H21N3O2S/c1-18-13-14-21(15-19(18)2)29-25(31)23(17-28)27-30(22-11-7-4-8-12-22)26(32)24(33-27)16-20-9-5-3-6-10-20/h3-16H,1-2H3,(H,29,31)/b24-16+,27-23+. The van der Waals surface area contributed by atoms with Crippen molar-refractivity contribution in [1.82, 2.24) is 4.57 Å². The van der Waals surface area contributed by atoms with Crippen molar-refractivity contribution in [3.05, 3.63) is 115 Å². The summed E-state index contributed by atoms with van der Waals surface area (Å²) in [6.07, 6.45) is 1.77. The van der Waals surface area contributed by atoms with Gasteiger partial charge in [-0.3, -0.25) is 14.2 Å². The van der Waals surface area contributed by atoms with Crippen LogP contribution in [0.5, 0.6) is 0 Å². The number of amides is 1. The third-order valence-corrected chi connectivity index (χ3v) is 6.35. The third-order valence-electron chi connectivity index (χ3n) is 5.25. The number of anilines is 1. The number of hydrogen-bond donors (Lipinski definition) is 1. The van der Waals surface area contributed by atoms with E-state index in [9.17, 15) is 14.9 Å². The molecule has 4 aromatic rings. The number of aromatic nitrogens is 1. The lowest BCUT2D eigenvalue weighted by Crippen LogP contribution is -2.32. The van der Waals surface area contributed by atoms with Crippen LogP contribution in [0.1, 0.15) is 16.7 Å². The summed E-state index contributed by atoms with van der Waals surface area (Å²) in [6.45, 7) is 3.95. The number of hydrogen-bond acceptors (Lipinski definition) is 4. The summed E-state index contributed by atoms with van der Waals surface area (Å²) in [5.41, 5.74) is 3.78. The van der Waals surface area contributed by atoms with E-state index in [-0.39, 0.29) is 15.8 Å². The molecule has 0 radical (unpaired) electrons. The molecule has 5 nitrogen and oxygen atoms in total. The van der Waals surface area contributed by atoms with Crippen molar-refractivity contribution >= 4 is 34.6 Å². The van der Waals surface area contributed by atoms with Gasteiger partial charge in [0, 0.05) is 5.69 Å². The van der Waals surface area contributed by atoms with Gasteiger partial charge in [-0.25, -0.2) is 0 Å². The predicted octanol–water partition coefficient (Wildman–Crippen LogP) is 3.66. The Morgan fingerprint density at radius 2 is 1.64 bits per heavy atom. The maximum Gasteiger partial charge on any atom is 0.273 e. The van der Waals surface area contributed by atoms with E-state index in [1.807, 2.05) is 80.6 Å². The Hall–Kier alpha value is -4.21. The lowest BCUT2D eigenvalue weighted by atomic mass is 10.1. The largest absolute Gasteiger partial charge is 0.321 e. The second-order valence-corrected chi connectivity index (χ2v) is 8.57. The van der Waals surface area contributed by atoms with Crippen molar-refractivity contribution in [2.75, 3.05) is 5.32 Å². The van der Waals surface area contributed by atoms with Crippen molar-refractivity contribution in [3.63, 3.8) is 0 Å². The SMILES string of the molecule is Cc1ccc(NC(=O)/C(C#N)=c2/s/c(=C/c3ccccc3)c(=O)n2-c2ccccc2)cc1C. The zero-order valence-corrected chi connectivity index (χ0v) is 19.0. The van der Waals surface area contributed by atoms with E-state index in [2.05, 4.69) is 5.32 Å². The van der Waals surface area contributed by atoms with Crippen LogP contribution in [0.2, 0.25) is 0 Å². The summed E-state index contributed by atoms with van der Waals surface area (Å²) < 4.78 is 2.15. The van der Waals surface area contributed by atoms with Crippen molar-refractivity contribution in [2.24, 2.45) is 0 Å². The van der Waals surface area contributed by atoms with Crippen LogP contribution in [0.3, 0.4) is 0 Å². The van der Waals surface area contributed by atoms with Gasteiger partial charge in [0.05, 0.1) is 10.2 Å². The fourth-order valence-corrected chi connectivity index (χ4v) is 4.47. The topological polar surface area (TPSA) is 74.9 Å². The van der Waals surface area contributed by atoms with Crippen LogP contribution in [0.25, 0.3) is 17.3 Å². The first-order valence-electron chi connectivity index (χ1n) is 10.3. The van der Waals surface area contributed by atoms with Gasteiger partial charge in [-0.05, 0) is 60.9 Å². The van der Waals surface area contributed by atoms with Gasteiger partial charge in [0.1, 0.15) is 10.7 Å². The Morgan fingerprint density at radius 1 is 0.970 bits per heavy atom. The lowest BCUT2D eigenvalue weighted by molar-refractivity contribution is -0.111. The summed E-state index contributed by atoms with van der Waals surface area (Å²) in [5, 5.41) is 12.7. The lowest BCUT2D eigenvalue weighted by Gasteiger charge is -2.07. The van der Waals surface area contributed by atoms with Crippen LogP contribution in [-0.2, 0) is 4.79 Å². The van der Waals surface area contributed by atoms with Gasteiger partial charge < -0.3 is 5.32 Å². The first kappa shape index (κ1) is 22.0. The normalized spacial score (nSPS) is 12.2. The van der Waals surface area contributed by atoms with E-state index < -0.39 is 5.91 Å². The molecule has 1 heterocycles. The van der Waals surface area contributed by atoms with Crippen LogP contribution < -0.4 is 20.1 Å². The van der Waals surface area contributed by atoms with Crippen molar-refractivity contribution in [2.45, 2.75) is 13.8 Å². The molecule has 0 fully saturated rings. The number of nitrogens with zero attached hydrogens (tertiary/aromatic N) is 2. The molecular weight excluding hydrogens is 430 g/mol. The van der Waals surface area contributed by atoms with Crippen LogP contribution in [0.15, 0.2) is 83.7 Å². The Labute approximate surface area is 195 Å². The molecule has 0 spiro atoms. The fourth-order valence-electron chi connectivity index (χ4n) is 3.37. The van der Waals surface area contributed by atoms with Crippen LogP contribution in [-0.4, -0.2) is 10.5 Å². The van der Waals surface area contributed by atoms with E-state index >= 15 is 0 Å². The second kappa shape index (κ2) is 9.51. The molecule has 4 rings (SSSR count). The highest BCUT2D eigenvalue weighted by Gasteiger charge is 2.17. The quantitative estimate of drug-likeness (QED) is 0.515. The minimum atomic E-state index is -0.557. The molecule has 3 aromatic carbocycles. The highest BCUT2D eigenvalue weighted by atomic mass is 32.1. The molecule has 6 heteroatoms. The average Bonchev–Trinajstić information content (AvgIpc) is 3.13. The molecule has 0 aliphatic heterocycles. The van der Waals surface area contributed by atoms with E-state index in [1.165, 1.54) is 4.57 Å². The Balaban J connectivity index is 1.93. The van der Waals surface area contributed by atoms with E-state index in [0.717, 1.165) is 28.0 Å². The molecule has 33 heavy (non-hydrogen) atoms. The molecule has 162 valence electrons. The Bertz CT molecular complexity index is 1540. The summed E-state index contributed by atoms with van der Waals surface area (Å²) in [7, 11) is 0. The molecule has 0 aliphatic rings. The Kier molecular flexibility index (Phi) is 6.34. The number of nitriles is 1. The van der Waals surface area contributed by atoms with E-state index in [1.54, 1.807) is 24.3 Å². The van der Waals surface area contributed by atoms with Crippen molar-refractivity contribution in [3.8, 4) is 11.8 Å².